The first-order chi connectivity index (χ1) is 11.8. The molecule has 0 spiro atoms. The standard InChI is InChI=1S/C17H20F3N3O2/c1-2-21-16(25)23-11-9-22(10-12-23)15(24)8-5-13-3-6-14(7-4-13)17(18,19)20/h3-8H,2,9-12H2,1H3,(H,21,25)/b8-5+. The second-order valence-corrected chi connectivity index (χ2v) is 5.60. The summed E-state index contributed by atoms with van der Waals surface area (Å²) in [5.41, 5.74) is -0.209. The minimum atomic E-state index is -4.37. The maximum absolute atomic E-state index is 12.5. The first-order valence-electron chi connectivity index (χ1n) is 7.98. The van der Waals surface area contributed by atoms with Crippen molar-refractivity contribution in [3.05, 3.63) is 41.5 Å². The van der Waals surface area contributed by atoms with Crippen molar-refractivity contribution >= 4 is 18.0 Å². The zero-order valence-corrected chi connectivity index (χ0v) is 13.8. The fourth-order valence-corrected chi connectivity index (χ4v) is 2.45. The summed E-state index contributed by atoms with van der Waals surface area (Å²) >= 11 is 0. The minimum Gasteiger partial charge on any atom is -0.338 e. The highest BCUT2D eigenvalue weighted by atomic mass is 19.4. The quantitative estimate of drug-likeness (QED) is 0.848. The van der Waals surface area contributed by atoms with Crippen molar-refractivity contribution < 1.29 is 22.8 Å². The van der Waals surface area contributed by atoms with E-state index in [-0.39, 0.29) is 11.9 Å². The lowest BCUT2D eigenvalue weighted by molar-refractivity contribution is -0.137. The van der Waals surface area contributed by atoms with E-state index in [4.69, 9.17) is 0 Å². The van der Waals surface area contributed by atoms with Crippen molar-refractivity contribution in [1.82, 2.24) is 15.1 Å². The van der Waals surface area contributed by atoms with Gasteiger partial charge in [-0.15, -0.1) is 0 Å². The lowest BCUT2D eigenvalue weighted by atomic mass is 10.1. The smallest absolute Gasteiger partial charge is 0.338 e. The number of hydrogen-bond donors (Lipinski definition) is 1. The van der Waals surface area contributed by atoms with Gasteiger partial charge >= 0.3 is 12.2 Å². The number of amides is 3. The molecule has 0 unspecified atom stereocenters. The Kier molecular flexibility index (Phi) is 6.06. The summed E-state index contributed by atoms with van der Waals surface area (Å²) in [6.45, 7) is 4.13. The molecule has 0 aliphatic carbocycles. The Morgan fingerprint density at radius 3 is 2.16 bits per heavy atom. The first kappa shape index (κ1) is 18.8. The number of carbonyl (C=O) groups excluding carboxylic acids is 2. The number of rotatable bonds is 3. The van der Waals surface area contributed by atoms with Gasteiger partial charge in [-0.25, -0.2) is 4.79 Å². The molecule has 0 radical (unpaired) electrons. The fourth-order valence-electron chi connectivity index (χ4n) is 2.45. The molecule has 1 heterocycles. The maximum atomic E-state index is 12.5. The van der Waals surface area contributed by atoms with Gasteiger partial charge in [-0.1, -0.05) is 12.1 Å². The third kappa shape index (κ3) is 5.23. The summed E-state index contributed by atoms with van der Waals surface area (Å²) in [5.74, 6) is -0.226. The van der Waals surface area contributed by atoms with Gasteiger partial charge in [0.2, 0.25) is 5.91 Å². The summed E-state index contributed by atoms with van der Waals surface area (Å²) in [4.78, 5) is 27.1. The van der Waals surface area contributed by atoms with Crippen molar-refractivity contribution in [1.29, 1.82) is 0 Å². The monoisotopic (exact) mass is 355 g/mol. The van der Waals surface area contributed by atoms with E-state index in [2.05, 4.69) is 5.32 Å². The molecule has 1 saturated heterocycles. The van der Waals surface area contributed by atoms with Gasteiger partial charge in [-0.3, -0.25) is 4.79 Å². The highest BCUT2D eigenvalue weighted by Gasteiger charge is 2.29. The summed E-state index contributed by atoms with van der Waals surface area (Å²) in [6, 6.07) is 4.46. The van der Waals surface area contributed by atoms with Crippen molar-refractivity contribution in [2.75, 3.05) is 32.7 Å². The molecule has 2 rings (SSSR count). The predicted octanol–water partition coefficient (Wildman–Crippen LogP) is 2.59. The van der Waals surface area contributed by atoms with Crippen molar-refractivity contribution in [3.8, 4) is 0 Å². The molecular weight excluding hydrogens is 335 g/mol. The van der Waals surface area contributed by atoms with Gasteiger partial charge in [0.1, 0.15) is 0 Å². The molecule has 0 saturated carbocycles. The Morgan fingerprint density at radius 1 is 1.08 bits per heavy atom. The summed E-state index contributed by atoms with van der Waals surface area (Å²) in [7, 11) is 0. The molecule has 0 bridgehead atoms. The zero-order valence-electron chi connectivity index (χ0n) is 13.8. The van der Waals surface area contributed by atoms with Gasteiger partial charge < -0.3 is 15.1 Å². The Morgan fingerprint density at radius 2 is 1.64 bits per heavy atom. The second kappa shape index (κ2) is 8.04. The van der Waals surface area contributed by atoms with Crippen LogP contribution in [0.4, 0.5) is 18.0 Å². The molecule has 1 N–H and O–H groups in total. The largest absolute Gasteiger partial charge is 0.416 e. The third-order valence-electron chi connectivity index (χ3n) is 3.86. The van der Waals surface area contributed by atoms with Gasteiger partial charge in [0.05, 0.1) is 5.56 Å². The molecule has 0 aromatic heterocycles. The molecule has 25 heavy (non-hydrogen) atoms. The van der Waals surface area contributed by atoms with Crippen LogP contribution in [0.15, 0.2) is 30.3 Å². The highest BCUT2D eigenvalue weighted by molar-refractivity contribution is 5.92. The number of nitrogens with one attached hydrogen (secondary N) is 1. The lowest BCUT2D eigenvalue weighted by Crippen LogP contribution is -2.52. The number of urea groups is 1. The van der Waals surface area contributed by atoms with Crippen molar-refractivity contribution in [2.45, 2.75) is 13.1 Å². The summed E-state index contributed by atoms with van der Waals surface area (Å²) < 4.78 is 37.5. The first-order valence-corrected chi connectivity index (χ1v) is 7.98. The van der Waals surface area contributed by atoms with E-state index in [1.807, 2.05) is 6.92 Å². The van der Waals surface area contributed by atoms with E-state index in [0.29, 0.717) is 38.3 Å². The van der Waals surface area contributed by atoms with Crippen LogP contribution in [0.25, 0.3) is 6.08 Å². The Labute approximate surface area is 144 Å². The van der Waals surface area contributed by atoms with Gasteiger partial charge in [0.15, 0.2) is 0 Å². The normalized spacial score (nSPS) is 15.5. The predicted molar refractivity (Wildman–Crippen MR) is 87.7 cm³/mol. The average molecular weight is 355 g/mol. The number of hydrogen-bond acceptors (Lipinski definition) is 2. The van der Waals surface area contributed by atoms with Crippen LogP contribution >= 0.6 is 0 Å². The number of piperazine rings is 1. The Hall–Kier alpha value is -2.51. The topological polar surface area (TPSA) is 52.7 Å². The molecule has 136 valence electrons. The zero-order chi connectivity index (χ0) is 18.4. The molecule has 1 aliphatic heterocycles. The molecule has 1 aromatic carbocycles. The van der Waals surface area contributed by atoms with Crippen LogP contribution in [0.1, 0.15) is 18.1 Å². The van der Waals surface area contributed by atoms with Crippen LogP contribution < -0.4 is 5.32 Å². The van der Waals surface area contributed by atoms with Gasteiger partial charge in [0, 0.05) is 38.8 Å². The second-order valence-electron chi connectivity index (χ2n) is 5.60. The molecule has 0 atom stereocenters. The van der Waals surface area contributed by atoms with E-state index >= 15 is 0 Å². The maximum Gasteiger partial charge on any atom is 0.416 e. The summed E-state index contributed by atoms with van der Waals surface area (Å²) in [5, 5.41) is 2.71. The van der Waals surface area contributed by atoms with Crippen LogP contribution in [0, 0.1) is 0 Å². The van der Waals surface area contributed by atoms with Crippen LogP contribution in [-0.4, -0.2) is 54.5 Å². The number of benzene rings is 1. The van der Waals surface area contributed by atoms with E-state index in [1.54, 1.807) is 9.80 Å². The molecule has 8 heteroatoms. The third-order valence-corrected chi connectivity index (χ3v) is 3.86. The molecular formula is C17H20F3N3O2. The lowest BCUT2D eigenvalue weighted by Gasteiger charge is -2.34. The average Bonchev–Trinajstić information content (AvgIpc) is 2.59. The number of alkyl halides is 3. The van der Waals surface area contributed by atoms with Crippen LogP contribution in [0.2, 0.25) is 0 Å². The molecule has 5 nitrogen and oxygen atoms in total. The van der Waals surface area contributed by atoms with Crippen molar-refractivity contribution in [2.24, 2.45) is 0 Å². The number of halogens is 3. The van der Waals surface area contributed by atoms with Gasteiger partial charge in [-0.05, 0) is 30.7 Å². The van der Waals surface area contributed by atoms with Crippen LogP contribution in [-0.2, 0) is 11.0 Å². The van der Waals surface area contributed by atoms with E-state index in [9.17, 15) is 22.8 Å². The SMILES string of the molecule is CCNC(=O)N1CCN(C(=O)/C=C/c2ccc(C(F)(F)F)cc2)CC1. The Balaban J connectivity index is 1.88. The van der Waals surface area contributed by atoms with E-state index < -0.39 is 11.7 Å². The molecule has 1 aliphatic rings. The van der Waals surface area contributed by atoms with Crippen LogP contribution in [0.5, 0.6) is 0 Å². The van der Waals surface area contributed by atoms with E-state index in [0.717, 1.165) is 12.1 Å². The van der Waals surface area contributed by atoms with Gasteiger partial charge in [-0.2, -0.15) is 13.2 Å². The van der Waals surface area contributed by atoms with Crippen molar-refractivity contribution in [3.63, 3.8) is 0 Å². The molecule has 3 amide bonds. The minimum absolute atomic E-state index is 0.144. The van der Waals surface area contributed by atoms with Crippen LogP contribution in [0.3, 0.4) is 0 Å². The summed E-state index contributed by atoms with van der Waals surface area (Å²) in [6.07, 6.45) is -1.55. The fraction of sp³-hybridized carbons (Fsp3) is 0.412. The van der Waals surface area contributed by atoms with Gasteiger partial charge in [0.25, 0.3) is 0 Å². The Bertz CT molecular complexity index is 634. The number of carbonyl (C=O) groups is 2. The number of nitrogens with zero attached hydrogens (tertiary/aromatic N) is 2. The molecule has 1 fully saturated rings. The van der Waals surface area contributed by atoms with E-state index in [1.165, 1.54) is 24.3 Å². The molecule has 1 aromatic rings. The highest BCUT2D eigenvalue weighted by Crippen LogP contribution is 2.29.